The van der Waals surface area contributed by atoms with E-state index >= 15 is 0 Å². The molecule has 0 radical (unpaired) electrons. The lowest BCUT2D eigenvalue weighted by Crippen LogP contribution is -2.34. The Labute approximate surface area is 57.1 Å². The molecule has 44 valence electrons. The highest BCUT2D eigenvalue weighted by Crippen LogP contribution is 1.84. The SMILES string of the molecule is N=C(Cl)/C=C\C(=[NH2+])Cl. The molecular formula is C4H5Cl2N2+. The number of halogens is 2. The van der Waals surface area contributed by atoms with E-state index in [1.54, 1.807) is 0 Å². The van der Waals surface area contributed by atoms with Crippen LogP contribution in [0.1, 0.15) is 0 Å². The Kier molecular flexibility index (Phi) is 3.48. The molecule has 0 rings (SSSR count). The second-order valence-corrected chi connectivity index (χ2v) is 1.91. The van der Waals surface area contributed by atoms with Crippen molar-refractivity contribution in [3.8, 4) is 0 Å². The number of hydrogen-bond acceptors (Lipinski definition) is 1. The second-order valence-electron chi connectivity index (χ2n) is 1.07. The maximum Gasteiger partial charge on any atom is 0.266 e. The Balaban J connectivity index is 3.67. The Hall–Kier alpha value is -0.340. The van der Waals surface area contributed by atoms with Crippen molar-refractivity contribution in [3.05, 3.63) is 12.2 Å². The van der Waals surface area contributed by atoms with Gasteiger partial charge in [-0.1, -0.05) is 11.6 Å². The van der Waals surface area contributed by atoms with E-state index in [0.717, 1.165) is 0 Å². The highest BCUT2D eigenvalue weighted by Gasteiger charge is 1.86. The van der Waals surface area contributed by atoms with Crippen LogP contribution in [0.5, 0.6) is 0 Å². The van der Waals surface area contributed by atoms with Crippen LogP contribution in [0.3, 0.4) is 0 Å². The quantitative estimate of drug-likeness (QED) is 0.529. The number of hydrogen-bond donors (Lipinski definition) is 2. The highest BCUT2D eigenvalue weighted by molar-refractivity contribution is 6.70. The summed E-state index contributed by atoms with van der Waals surface area (Å²) in [7, 11) is 0. The van der Waals surface area contributed by atoms with Gasteiger partial charge in [0.2, 0.25) is 0 Å². The van der Waals surface area contributed by atoms with Gasteiger partial charge in [-0.05, 0) is 17.7 Å². The van der Waals surface area contributed by atoms with Crippen LogP contribution in [0.2, 0.25) is 0 Å². The molecule has 0 amide bonds. The summed E-state index contributed by atoms with van der Waals surface area (Å²) in [6.45, 7) is 0. The molecule has 3 N–H and O–H groups in total. The van der Waals surface area contributed by atoms with E-state index in [2.05, 4.69) is 0 Å². The molecule has 0 saturated carbocycles. The average molecular weight is 152 g/mol. The first-order valence-corrected chi connectivity index (χ1v) is 2.58. The van der Waals surface area contributed by atoms with Crippen molar-refractivity contribution < 1.29 is 5.41 Å². The van der Waals surface area contributed by atoms with E-state index in [-0.39, 0.29) is 10.3 Å². The molecule has 0 bridgehead atoms. The number of nitrogens with two attached hydrogens (primary N) is 1. The van der Waals surface area contributed by atoms with E-state index in [4.69, 9.17) is 34.0 Å². The molecule has 0 aromatic carbocycles. The molecule has 0 unspecified atom stereocenters. The Morgan fingerprint density at radius 1 is 1.38 bits per heavy atom. The van der Waals surface area contributed by atoms with Crippen molar-refractivity contribution in [2.24, 2.45) is 0 Å². The first-order chi connectivity index (χ1) is 3.63. The minimum atomic E-state index is -0.0893. The standard InChI is InChI=1S/C4H4Cl2N2/c5-3(7)1-2-4(6)8/h1-2,7-8H/p+1/b2-1-,7-3?,8-4?. The fourth-order valence-corrected chi connectivity index (χ4v) is 0.279. The maximum atomic E-state index is 6.64. The van der Waals surface area contributed by atoms with E-state index in [0.29, 0.717) is 0 Å². The lowest BCUT2D eigenvalue weighted by Gasteiger charge is -1.73. The van der Waals surface area contributed by atoms with Crippen molar-refractivity contribution in [3.63, 3.8) is 0 Å². The molecule has 0 fully saturated rings. The number of rotatable bonds is 2. The molecule has 0 aliphatic carbocycles. The molecule has 4 heteroatoms. The van der Waals surface area contributed by atoms with Crippen LogP contribution < -0.4 is 5.41 Å². The lowest BCUT2D eigenvalue weighted by atomic mass is 10.5. The van der Waals surface area contributed by atoms with Gasteiger partial charge in [0.1, 0.15) is 5.17 Å². The van der Waals surface area contributed by atoms with Crippen molar-refractivity contribution in [2.45, 2.75) is 0 Å². The van der Waals surface area contributed by atoms with Gasteiger partial charge < -0.3 is 0 Å². The molecule has 0 spiro atoms. The topological polar surface area (TPSA) is 49.4 Å². The molecule has 0 heterocycles. The van der Waals surface area contributed by atoms with Crippen molar-refractivity contribution >= 4 is 33.5 Å². The summed E-state index contributed by atoms with van der Waals surface area (Å²) in [6.07, 6.45) is 2.64. The lowest BCUT2D eigenvalue weighted by molar-refractivity contribution is -0.107. The van der Waals surface area contributed by atoms with Crippen LogP contribution >= 0.6 is 23.2 Å². The molecule has 0 aromatic heterocycles. The van der Waals surface area contributed by atoms with Gasteiger partial charge in [-0.3, -0.25) is 5.41 Å². The molecule has 0 saturated heterocycles. The van der Waals surface area contributed by atoms with E-state index in [1.807, 2.05) is 0 Å². The van der Waals surface area contributed by atoms with Gasteiger partial charge in [0.15, 0.2) is 0 Å². The van der Waals surface area contributed by atoms with Crippen LogP contribution in [0, 0.1) is 5.41 Å². The van der Waals surface area contributed by atoms with E-state index in [1.165, 1.54) is 12.2 Å². The van der Waals surface area contributed by atoms with Gasteiger partial charge in [0.25, 0.3) is 5.17 Å². The third kappa shape index (κ3) is 5.66. The summed E-state index contributed by atoms with van der Waals surface area (Å²) in [6, 6.07) is 0. The zero-order valence-corrected chi connectivity index (χ0v) is 5.50. The normalized spacial score (nSPS) is 9.75. The fraction of sp³-hybridized carbons (Fsp3) is 0. The molecule has 0 aliphatic heterocycles. The minimum Gasteiger partial charge on any atom is -0.289 e. The van der Waals surface area contributed by atoms with Gasteiger partial charge in [-0.2, -0.15) is 0 Å². The predicted octanol–water partition coefficient (Wildman–Crippen LogP) is 0.155. The van der Waals surface area contributed by atoms with E-state index in [9.17, 15) is 0 Å². The van der Waals surface area contributed by atoms with Crippen LogP contribution in [-0.2, 0) is 0 Å². The second kappa shape index (κ2) is 3.64. The zero-order chi connectivity index (χ0) is 6.57. The average Bonchev–Trinajstić information content (AvgIpc) is 1.61. The fourth-order valence-electron chi connectivity index (χ4n) is 0.153. The molecule has 0 atom stereocenters. The number of nitrogens with one attached hydrogen (secondary N) is 1. The Morgan fingerprint density at radius 3 is 2.00 bits per heavy atom. The first-order valence-electron chi connectivity index (χ1n) is 1.83. The molecule has 0 aliphatic rings. The van der Waals surface area contributed by atoms with E-state index < -0.39 is 0 Å². The largest absolute Gasteiger partial charge is 0.289 e. The van der Waals surface area contributed by atoms with Crippen molar-refractivity contribution in [1.82, 2.24) is 0 Å². The van der Waals surface area contributed by atoms with Crippen LogP contribution in [0.25, 0.3) is 0 Å². The summed E-state index contributed by atoms with van der Waals surface area (Å²) < 4.78 is 0. The predicted molar refractivity (Wildman–Crippen MR) is 35.5 cm³/mol. The molecule has 2 nitrogen and oxygen atoms in total. The summed E-state index contributed by atoms with van der Waals surface area (Å²) in [5.41, 5.74) is 0. The van der Waals surface area contributed by atoms with Gasteiger partial charge in [0, 0.05) is 6.08 Å². The van der Waals surface area contributed by atoms with Crippen molar-refractivity contribution in [2.75, 3.05) is 0 Å². The highest BCUT2D eigenvalue weighted by atomic mass is 35.5. The van der Waals surface area contributed by atoms with Gasteiger partial charge in [-0.25, -0.2) is 5.41 Å². The van der Waals surface area contributed by atoms with Gasteiger partial charge in [-0.15, -0.1) is 0 Å². The zero-order valence-electron chi connectivity index (χ0n) is 3.99. The first kappa shape index (κ1) is 7.66. The number of allylic oxidation sites excluding steroid dienone is 2. The Bertz CT molecular complexity index is 123. The molecule has 0 aromatic rings. The van der Waals surface area contributed by atoms with Crippen LogP contribution in [0.4, 0.5) is 0 Å². The summed E-state index contributed by atoms with van der Waals surface area (Å²) in [5, 5.41) is 11.7. The van der Waals surface area contributed by atoms with Crippen molar-refractivity contribution in [1.29, 1.82) is 5.41 Å². The van der Waals surface area contributed by atoms with Gasteiger partial charge >= 0.3 is 0 Å². The Morgan fingerprint density at radius 2 is 1.88 bits per heavy atom. The minimum absolute atomic E-state index is 0.0893. The maximum absolute atomic E-state index is 6.64. The smallest absolute Gasteiger partial charge is 0.266 e. The molecular weight excluding hydrogens is 147 g/mol. The third-order valence-electron chi connectivity index (χ3n) is 0.389. The van der Waals surface area contributed by atoms with Crippen LogP contribution in [-0.4, -0.2) is 10.3 Å². The summed E-state index contributed by atoms with van der Waals surface area (Å²) in [4.78, 5) is 0. The third-order valence-corrected chi connectivity index (χ3v) is 0.641. The monoisotopic (exact) mass is 151 g/mol. The van der Waals surface area contributed by atoms with Gasteiger partial charge in [0.05, 0.1) is 0 Å². The summed E-state index contributed by atoms with van der Waals surface area (Å²) in [5.74, 6) is 0. The summed E-state index contributed by atoms with van der Waals surface area (Å²) >= 11 is 10.3. The molecule has 8 heavy (non-hydrogen) atoms. The van der Waals surface area contributed by atoms with Crippen LogP contribution in [0.15, 0.2) is 12.2 Å².